The molecule has 0 heteroatoms. The van der Waals surface area contributed by atoms with Gasteiger partial charge in [-0.3, -0.25) is 0 Å². The van der Waals surface area contributed by atoms with Crippen LogP contribution in [0.5, 0.6) is 0 Å². The minimum atomic E-state index is 0.285. The Morgan fingerprint density at radius 1 is 0.923 bits per heavy atom. The number of hydrogen-bond donors (Lipinski definition) is 0. The van der Waals surface area contributed by atoms with Crippen LogP contribution in [0.15, 0.2) is 47.6 Å². The molecule has 0 heterocycles. The van der Waals surface area contributed by atoms with Gasteiger partial charge >= 0.3 is 0 Å². The lowest BCUT2D eigenvalue weighted by atomic mass is 9.62. The molecule has 1 aromatic rings. The van der Waals surface area contributed by atoms with E-state index in [4.69, 9.17) is 0 Å². The lowest BCUT2D eigenvalue weighted by molar-refractivity contribution is 0.332. The van der Waals surface area contributed by atoms with Crippen LogP contribution >= 0.6 is 0 Å². The Morgan fingerprint density at radius 3 is 2.27 bits per heavy atom. The van der Waals surface area contributed by atoms with Crippen molar-refractivity contribution in [1.29, 1.82) is 0 Å². The molecule has 3 rings (SSSR count). The van der Waals surface area contributed by atoms with Crippen LogP contribution in [0.25, 0.3) is 5.57 Å². The van der Waals surface area contributed by atoms with E-state index in [0.29, 0.717) is 5.41 Å². The molecule has 0 unspecified atom stereocenters. The van der Waals surface area contributed by atoms with Crippen LogP contribution in [0.1, 0.15) is 96.8 Å². The molecule has 2 aliphatic carbocycles. The summed E-state index contributed by atoms with van der Waals surface area (Å²) in [5.41, 5.74) is 9.67. The van der Waals surface area contributed by atoms with Crippen LogP contribution in [0.4, 0.5) is 0 Å². The van der Waals surface area contributed by atoms with E-state index in [9.17, 15) is 0 Å². The predicted molar refractivity (Wildman–Crippen MR) is 116 cm³/mol. The van der Waals surface area contributed by atoms with Crippen LogP contribution in [0, 0.1) is 0 Å². The SMILES string of the molecule is C/C=C(C)/C=C/C1=C(c2ccc3c(c2)C(C)(C)CCC3(C)C)CCCC1. The van der Waals surface area contributed by atoms with Gasteiger partial charge < -0.3 is 0 Å². The quantitative estimate of drug-likeness (QED) is 0.487. The second kappa shape index (κ2) is 7.22. The molecule has 1 aromatic carbocycles. The van der Waals surface area contributed by atoms with E-state index in [0.717, 1.165) is 0 Å². The summed E-state index contributed by atoms with van der Waals surface area (Å²) in [7, 11) is 0. The summed E-state index contributed by atoms with van der Waals surface area (Å²) in [6.45, 7) is 14.0. The maximum absolute atomic E-state index is 2.53. The predicted octanol–water partition coefficient (Wildman–Crippen LogP) is 7.89. The number of allylic oxidation sites excluding steroid dienone is 6. The summed E-state index contributed by atoms with van der Waals surface area (Å²) in [5, 5.41) is 0. The van der Waals surface area contributed by atoms with Gasteiger partial charge in [-0.15, -0.1) is 0 Å². The van der Waals surface area contributed by atoms with Gasteiger partial charge in [-0.2, -0.15) is 0 Å². The van der Waals surface area contributed by atoms with E-state index < -0.39 is 0 Å². The van der Waals surface area contributed by atoms with Crippen molar-refractivity contribution in [2.24, 2.45) is 0 Å². The molecule has 0 saturated heterocycles. The third-order valence-corrected chi connectivity index (χ3v) is 6.71. The zero-order chi connectivity index (χ0) is 18.9. The molecule has 140 valence electrons. The second-order valence-electron chi connectivity index (χ2n) is 9.61. The first kappa shape index (κ1) is 19.2. The maximum atomic E-state index is 2.53. The maximum Gasteiger partial charge on any atom is -0.0100 e. The Labute approximate surface area is 161 Å². The fraction of sp³-hybridized carbons (Fsp3) is 0.538. The summed E-state index contributed by atoms with van der Waals surface area (Å²) < 4.78 is 0. The number of fused-ring (bicyclic) bond motifs is 1. The molecular weight excluding hydrogens is 312 g/mol. The van der Waals surface area contributed by atoms with Gasteiger partial charge in [0.25, 0.3) is 0 Å². The molecule has 26 heavy (non-hydrogen) atoms. The first-order valence-electron chi connectivity index (χ1n) is 10.4. The molecule has 0 saturated carbocycles. The highest BCUT2D eigenvalue weighted by atomic mass is 14.4. The van der Waals surface area contributed by atoms with Crippen LogP contribution in [-0.2, 0) is 10.8 Å². The minimum absolute atomic E-state index is 0.285. The molecule has 0 N–H and O–H groups in total. The smallest absolute Gasteiger partial charge is 0.0100 e. The lowest BCUT2D eigenvalue weighted by Gasteiger charge is -2.42. The molecule has 2 aliphatic rings. The molecule has 0 nitrogen and oxygen atoms in total. The van der Waals surface area contributed by atoms with Crippen molar-refractivity contribution in [3.8, 4) is 0 Å². The van der Waals surface area contributed by atoms with Gasteiger partial charge in [0, 0.05) is 0 Å². The molecule has 0 bridgehead atoms. The molecule has 0 spiro atoms. The van der Waals surface area contributed by atoms with Gasteiger partial charge in [0.15, 0.2) is 0 Å². The number of hydrogen-bond acceptors (Lipinski definition) is 0. The third kappa shape index (κ3) is 3.75. The molecule has 0 aromatic heterocycles. The summed E-state index contributed by atoms with van der Waals surface area (Å²) in [6.07, 6.45) is 14.5. The van der Waals surface area contributed by atoms with Crippen LogP contribution in [0.3, 0.4) is 0 Å². The topological polar surface area (TPSA) is 0 Å². The van der Waals surface area contributed by atoms with Gasteiger partial charge in [-0.05, 0) is 91.0 Å². The Kier molecular flexibility index (Phi) is 5.33. The highest BCUT2D eigenvalue weighted by molar-refractivity contribution is 5.73. The Bertz CT molecular complexity index is 765. The first-order valence-corrected chi connectivity index (χ1v) is 10.4. The zero-order valence-corrected chi connectivity index (χ0v) is 17.7. The normalized spacial score (nSPS) is 22.6. The molecule has 0 aliphatic heterocycles. The molecule has 0 fully saturated rings. The average Bonchev–Trinajstić information content (AvgIpc) is 2.63. The minimum Gasteiger partial charge on any atom is -0.0847 e. The second-order valence-corrected chi connectivity index (χ2v) is 9.61. The van der Waals surface area contributed by atoms with Crippen molar-refractivity contribution in [2.45, 2.75) is 90.9 Å². The monoisotopic (exact) mass is 348 g/mol. The fourth-order valence-corrected chi connectivity index (χ4v) is 4.55. The van der Waals surface area contributed by atoms with Crippen LogP contribution in [-0.4, -0.2) is 0 Å². The van der Waals surface area contributed by atoms with Crippen molar-refractivity contribution in [1.82, 2.24) is 0 Å². The van der Waals surface area contributed by atoms with Gasteiger partial charge in [0.2, 0.25) is 0 Å². The molecule has 0 radical (unpaired) electrons. The number of benzene rings is 1. The van der Waals surface area contributed by atoms with E-state index in [1.165, 1.54) is 49.7 Å². The van der Waals surface area contributed by atoms with E-state index in [1.54, 1.807) is 22.3 Å². The standard InChI is InChI=1S/C26H36/c1-7-19(2)12-13-20-10-8-9-11-22(20)21-14-15-23-24(18-21)26(5,6)17-16-25(23,3)4/h7,12-15,18H,8-11,16-17H2,1-6H3/b13-12+,19-7+. The van der Waals surface area contributed by atoms with Crippen LogP contribution < -0.4 is 0 Å². The van der Waals surface area contributed by atoms with Crippen molar-refractivity contribution in [3.63, 3.8) is 0 Å². The Hall–Kier alpha value is -1.56. The molecule has 0 amide bonds. The Morgan fingerprint density at radius 2 is 1.58 bits per heavy atom. The van der Waals surface area contributed by atoms with E-state index in [-0.39, 0.29) is 5.41 Å². The molecular formula is C26H36. The van der Waals surface area contributed by atoms with Gasteiger partial charge in [0.1, 0.15) is 0 Å². The van der Waals surface area contributed by atoms with E-state index in [1.807, 2.05) is 0 Å². The van der Waals surface area contributed by atoms with Gasteiger partial charge in [-0.1, -0.05) is 69.7 Å². The summed E-state index contributed by atoms with van der Waals surface area (Å²) in [4.78, 5) is 0. The number of rotatable bonds is 3. The Balaban J connectivity index is 2.08. The van der Waals surface area contributed by atoms with Gasteiger partial charge in [0.05, 0.1) is 0 Å². The average molecular weight is 349 g/mol. The van der Waals surface area contributed by atoms with Crippen molar-refractivity contribution >= 4 is 5.57 Å². The van der Waals surface area contributed by atoms with Crippen LogP contribution in [0.2, 0.25) is 0 Å². The van der Waals surface area contributed by atoms with Crippen molar-refractivity contribution in [3.05, 3.63) is 64.3 Å². The largest absolute Gasteiger partial charge is 0.0847 e. The summed E-state index contributed by atoms with van der Waals surface area (Å²) in [6, 6.07) is 7.37. The highest BCUT2D eigenvalue weighted by Crippen LogP contribution is 2.47. The summed E-state index contributed by atoms with van der Waals surface area (Å²) >= 11 is 0. The highest BCUT2D eigenvalue weighted by Gasteiger charge is 2.37. The van der Waals surface area contributed by atoms with Crippen molar-refractivity contribution < 1.29 is 0 Å². The molecule has 0 atom stereocenters. The summed E-state index contributed by atoms with van der Waals surface area (Å²) in [5.74, 6) is 0. The van der Waals surface area contributed by atoms with Crippen molar-refractivity contribution in [2.75, 3.05) is 0 Å². The zero-order valence-electron chi connectivity index (χ0n) is 17.7. The van der Waals surface area contributed by atoms with E-state index in [2.05, 4.69) is 78.0 Å². The third-order valence-electron chi connectivity index (χ3n) is 6.71. The van der Waals surface area contributed by atoms with Gasteiger partial charge in [-0.25, -0.2) is 0 Å². The lowest BCUT2D eigenvalue weighted by Crippen LogP contribution is -2.33. The van der Waals surface area contributed by atoms with E-state index >= 15 is 0 Å². The first-order chi connectivity index (χ1) is 12.2. The fourth-order valence-electron chi connectivity index (χ4n) is 4.55.